The van der Waals surface area contributed by atoms with Crippen molar-refractivity contribution in [3.8, 4) is 5.75 Å². The predicted octanol–water partition coefficient (Wildman–Crippen LogP) is 5.84. The molecule has 1 saturated heterocycles. The number of nitrogens with zero attached hydrogens (tertiary/aromatic N) is 2. The normalized spacial score (nSPS) is 21.2. The van der Waals surface area contributed by atoms with E-state index in [0.717, 1.165) is 59.8 Å². The maximum Gasteiger partial charge on any atom is 0.416 e. The van der Waals surface area contributed by atoms with Gasteiger partial charge in [0.2, 0.25) is 15.9 Å². The van der Waals surface area contributed by atoms with Crippen molar-refractivity contribution in [2.75, 3.05) is 19.7 Å². The minimum atomic E-state index is -4.69. The minimum absolute atomic E-state index is 0.0351. The van der Waals surface area contributed by atoms with Crippen molar-refractivity contribution in [2.45, 2.75) is 74.8 Å². The number of piperidine rings is 1. The molecule has 44 heavy (non-hydrogen) atoms. The first kappa shape index (κ1) is 30.6. The molecule has 3 aliphatic rings. The van der Waals surface area contributed by atoms with Gasteiger partial charge in [0, 0.05) is 37.5 Å². The van der Waals surface area contributed by atoms with Crippen LogP contribution >= 0.6 is 0 Å². The molecule has 1 amide bonds. The van der Waals surface area contributed by atoms with E-state index in [4.69, 9.17) is 4.74 Å². The van der Waals surface area contributed by atoms with Gasteiger partial charge in [-0.25, -0.2) is 8.42 Å². The van der Waals surface area contributed by atoms with E-state index in [9.17, 15) is 26.4 Å². The summed E-state index contributed by atoms with van der Waals surface area (Å²) in [5, 5.41) is 3.09. The van der Waals surface area contributed by atoms with Crippen LogP contribution in [0.25, 0.3) is 0 Å². The number of hydrogen-bond donors (Lipinski definition) is 1. The Labute approximate surface area is 256 Å². The van der Waals surface area contributed by atoms with Gasteiger partial charge in [0.15, 0.2) is 0 Å². The van der Waals surface area contributed by atoms with E-state index in [-0.39, 0.29) is 31.3 Å². The number of nitrogens with one attached hydrogen (secondary N) is 1. The molecule has 0 saturated carbocycles. The van der Waals surface area contributed by atoms with E-state index in [1.165, 1.54) is 29.6 Å². The Balaban J connectivity index is 1.20. The van der Waals surface area contributed by atoms with Crippen LogP contribution in [-0.4, -0.2) is 49.3 Å². The molecule has 7 nitrogen and oxygen atoms in total. The average molecular weight is 628 g/mol. The van der Waals surface area contributed by atoms with Crippen LogP contribution in [0.3, 0.4) is 0 Å². The van der Waals surface area contributed by atoms with Crippen molar-refractivity contribution in [1.29, 1.82) is 0 Å². The average Bonchev–Trinajstić information content (AvgIpc) is 3.01. The molecule has 0 aromatic heterocycles. The van der Waals surface area contributed by atoms with E-state index in [2.05, 4.69) is 16.3 Å². The summed E-state index contributed by atoms with van der Waals surface area (Å²) in [6, 6.07) is 16.2. The summed E-state index contributed by atoms with van der Waals surface area (Å²) in [5.41, 5.74) is 2.68. The lowest BCUT2D eigenvalue weighted by molar-refractivity contribution is -0.137. The Kier molecular flexibility index (Phi) is 8.72. The van der Waals surface area contributed by atoms with Crippen molar-refractivity contribution >= 4 is 15.9 Å². The molecule has 0 spiro atoms. The first-order valence-electron chi connectivity index (χ1n) is 15.1. The number of likely N-dealkylation sites (tertiary alicyclic amines) is 1. The lowest BCUT2D eigenvalue weighted by atomic mass is 9.93. The van der Waals surface area contributed by atoms with Crippen LogP contribution in [0.5, 0.6) is 5.75 Å². The lowest BCUT2D eigenvalue weighted by Crippen LogP contribution is -2.47. The first-order valence-corrected chi connectivity index (χ1v) is 16.6. The molecule has 3 aliphatic heterocycles. The summed E-state index contributed by atoms with van der Waals surface area (Å²) in [5.74, 6) is 0.422. The molecule has 3 aromatic rings. The summed E-state index contributed by atoms with van der Waals surface area (Å²) >= 11 is 0. The Morgan fingerprint density at radius 2 is 1.73 bits per heavy atom. The molecule has 3 aromatic carbocycles. The number of alkyl halides is 3. The summed E-state index contributed by atoms with van der Waals surface area (Å²) in [6.07, 6.45) is -0.287. The van der Waals surface area contributed by atoms with Gasteiger partial charge >= 0.3 is 6.18 Å². The lowest BCUT2D eigenvalue weighted by Gasteiger charge is -2.36. The van der Waals surface area contributed by atoms with Crippen molar-refractivity contribution in [3.63, 3.8) is 0 Å². The van der Waals surface area contributed by atoms with Crippen LogP contribution in [0.2, 0.25) is 0 Å². The Bertz CT molecular complexity index is 1620. The molecule has 1 fully saturated rings. The number of sulfonamides is 1. The number of fused-ring (bicyclic) bond motifs is 2. The van der Waals surface area contributed by atoms with Crippen molar-refractivity contribution in [2.24, 2.45) is 0 Å². The van der Waals surface area contributed by atoms with Crippen LogP contribution in [0, 0.1) is 0 Å². The highest BCUT2D eigenvalue weighted by molar-refractivity contribution is 7.89. The van der Waals surface area contributed by atoms with Crippen molar-refractivity contribution < 1.29 is 31.1 Å². The highest BCUT2D eigenvalue weighted by Crippen LogP contribution is 2.36. The van der Waals surface area contributed by atoms with Crippen LogP contribution in [-0.2, 0) is 40.5 Å². The number of carbonyl (C=O) groups is 1. The second kappa shape index (κ2) is 12.5. The van der Waals surface area contributed by atoms with E-state index in [1.54, 1.807) is 12.1 Å². The number of carbonyl (C=O) groups excluding carboxylic acids is 1. The zero-order chi connectivity index (χ0) is 30.9. The van der Waals surface area contributed by atoms with Crippen LogP contribution in [0.1, 0.15) is 66.0 Å². The second-order valence-corrected chi connectivity index (χ2v) is 13.8. The van der Waals surface area contributed by atoms with Gasteiger partial charge in [-0.1, -0.05) is 48.9 Å². The smallest absolute Gasteiger partial charge is 0.416 e. The number of ether oxygens (including phenoxy) is 1. The molecule has 3 heterocycles. The molecule has 0 bridgehead atoms. The number of rotatable bonds is 7. The molecule has 0 aliphatic carbocycles. The van der Waals surface area contributed by atoms with Gasteiger partial charge in [-0.3, -0.25) is 9.69 Å². The molecule has 6 rings (SSSR count). The fourth-order valence-corrected chi connectivity index (χ4v) is 8.16. The van der Waals surface area contributed by atoms with Gasteiger partial charge < -0.3 is 10.1 Å². The van der Waals surface area contributed by atoms with Crippen molar-refractivity contribution in [3.05, 3.63) is 94.5 Å². The third kappa shape index (κ3) is 6.64. The van der Waals surface area contributed by atoms with Gasteiger partial charge in [-0.15, -0.1) is 0 Å². The summed E-state index contributed by atoms with van der Waals surface area (Å²) < 4.78 is 75.0. The monoisotopic (exact) mass is 627 g/mol. The number of amides is 1. The molecule has 0 radical (unpaired) electrons. The van der Waals surface area contributed by atoms with Gasteiger partial charge in [-0.05, 0) is 73.3 Å². The first-order chi connectivity index (χ1) is 21.1. The van der Waals surface area contributed by atoms with E-state index in [1.807, 2.05) is 24.3 Å². The van der Waals surface area contributed by atoms with Gasteiger partial charge in [0.25, 0.3) is 0 Å². The molecule has 2 atom stereocenters. The Hall–Kier alpha value is -3.41. The van der Waals surface area contributed by atoms with Gasteiger partial charge in [0.1, 0.15) is 5.75 Å². The van der Waals surface area contributed by atoms with Gasteiger partial charge in [0.05, 0.1) is 23.1 Å². The van der Waals surface area contributed by atoms with Crippen LogP contribution in [0.15, 0.2) is 71.6 Å². The SMILES string of the molecule is O=C(CC1Cc2ccccc2CN1S(=O)(=O)c1cccc(C(F)(F)F)c1)N[C@@H]1CCOc2cc(CN3CCCCC3)ccc21. The van der Waals surface area contributed by atoms with E-state index in [0.29, 0.717) is 19.1 Å². The Morgan fingerprint density at radius 3 is 2.50 bits per heavy atom. The third-order valence-electron chi connectivity index (χ3n) is 8.80. The largest absolute Gasteiger partial charge is 0.493 e. The number of hydrogen-bond acceptors (Lipinski definition) is 5. The summed E-state index contributed by atoms with van der Waals surface area (Å²) in [4.78, 5) is 15.5. The molecule has 1 unspecified atom stereocenters. The summed E-state index contributed by atoms with van der Waals surface area (Å²) in [7, 11) is -4.35. The zero-order valence-electron chi connectivity index (χ0n) is 24.4. The highest BCUT2D eigenvalue weighted by Gasteiger charge is 2.39. The fourth-order valence-electron chi connectivity index (χ4n) is 6.51. The second-order valence-electron chi connectivity index (χ2n) is 11.9. The third-order valence-corrected chi connectivity index (χ3v) is 10.7. The van der Waals surface area contributed by atoms with Crippen LogP contribution in [0.4, 0.5) is 13.2 Å². The number of halogens is 3. The molecule has 1 N–H and O–H groups in total. The Morgan fingerprint density at radius 1 is 0.955 bits per heavy atom. The zero-order valence-corrected chi connectivity index (χ0v) is 25.2. The van der Waals surface area contributed by atoms with Gasteiger partial charge in [-0.2, -0.15) is 17.5 Å². The molecule has 234 valence electrons. The summed E-state index contributed by atoms with van der Waals surface area (Å²) in [6.45, 7) is 3.43. The van der Waals surface area contributed by atoms with E-state index < -0.39 is 32.7 Å². The maximum atomic E-state index is 13.8. The number of benzene rings is 3. The maximum absolute atomic E-state index is 13.8. The molecule has 11 heteroatoms. The molecular formula is C33H36F3N3O4S. The minimum Gasteiger partial charge on any atom is -0.493 e. The van der Waals surface area contributed by atoms with E-state index >= 15 is 0 Å². The van der Waals surface area contributed by atoms with Crippen molar-refractivity contribution in [1.82, 2.24) is 14.5 Å². The van der Waals surface area contributed by atoms with Crippen LogP contribution < -0.4 is 10.1 Å². The standard InChI is InChI=1S/C33H36F3N3O4S/c34-33(35,36)26-9-6-10-28(19-26)44(41,42)39-22-25-8-3-2-7-24(25)18-27(39)20-32(40)37-30-13-16-43-31-17-23(11-12-29(30)31)21-38-14-4-1-5-15-38/h2-3,6-12,17,19,27,30H,1,4-5,13-16,18,20-22H2,(H,37,40)/t27?,30-/m1/s1. The predicted molar refractivity (Wildman–Crippen MR) is 159 cm³/mol. The quantitative estimate of drug-likeness (QED) is 0.357. The fraction of sp³-hybridized carbons (Fsp3) is 0.424. The highest BCUT2D eigenvalue weighted by atomic mass is 32.2. The molecular weight excluding hydrogens is 591 g/mol. The topological polar surface area (TPSA) is 79.0 Å².